The Kier molecular flexibility index (Phi) is 9.85. The molecule has 1 N–H and O–H groups in total. The van der Waals surface area contributed by atoms with Gasteiger partial charge in [-0.2, -0.15) is 0 Å². The normalized spacial score (nSPS) is 21.7. The Morgan fingerprint density at radius 3 is 2.57 bits per heavy atom. The molecule has 2 atom stereocenters. The average molecular weight is 411 g/mol. The molecule has 21 heavy (non-hydrogen) atoms. The number of ether oxygens (including phenoxy) is 1. The van der Waals surface area contributed by atoms with Crippen LogP contribution in [0.4, 0.5) is 0 Å². The van der Waals surface area contributed by atoms with E-state index < -0.39 is 0 Å². The molecule has 5 heteroatoms. The maximum absolute atomic E-state index is 5.60. The Morgan fingerprint density at radius 2 is 2.10 bits per heavy atom. The van der Waals surface area contributed by atoms with E-state index in [1.165, 1.54) is 12.8 Å². The topological polar surface area (TPSA) is 36.9 Å². The van der Waals surface area contributed by atoms with Crippen molar-refractivity contribution in [1.82, 2.24) is 10.2 Å². The number of piperidine rings is 1. The van der Waals surface area contributed by atoms with Crippen molar-refractivity contribution < 1.29 is 4.74 Å². The lowest BCUT2D eigenvalue weighted by Gasteiger charge is -2.34. The maximum atomic E-state index is 5.60. The van der Waals surface area contributed by atoms with E-state index in [1.807, 2.05) is 0 Å². The zero-order valence-electron chi connectivity index (χ0n) is 14.6. The summed E-state index contributed by atoms with van der Waals surface area (Å²) in [5.41, 5.74) is 0.116. The number of guanidine groups is 1. The Bertz CT molecular complexity index is 315. The largest absolute Gasteiger partial charge is 0.379 e. The third-order valence-electron chi connectivity index (χ3n) is 3.95. The van der Waals surface area contributed by atoms with Crippen molar-refractivity contribution in [2.75, 3.05) is 33.3 Å². The quantitative estimate of drug-likeness (QED) is 0.438. The minimum atomic E-state index is 0. The average Bonchev–Trinajstić information content (AvgIpc) is 2.36. The molecule has 1 saturated heterocycles. The zero-order valence-corrected chi connectivity index (χ0v) is 16.9. The van der Waals surface area contributed by atoms with E-state index in [1.54, 1.807) is 7.11 Å². The Labute approximate surface area is 148 Å². The van der Waals surface area contributed by atoms with Crippen LogP contribution in [0.3, 0.4) is 0 Å². The van der Waals surface area contributed by atoms with Gasteiger partial charge in [-0.1, -0.05) is 27.7 Å². The van der Waals surface area contributed by atoms with Crippen molar-refractivity contribution in [3.63, 3.8) is 0 Å². The van der Waals surface area contributed by atoms with Crippen LogP contribution >= 0.6 is 24.0 Å². The van der Waals surface area contributed by atoms with Gasteiger partial charge in [-0.05, 0) is 31.1 Å². The Hall–Kier alpha value is -0.0400. The molecular weight excluding hydrogens is 377 g/mol. The van der Waals surface area contributed by atoms with Crippen molar-refractivity contribution >= 4 is 29.9 Å². The first kappa shape index (κ1) is 21.0. The molecule has 2 unspecified atom stereocenters. The molecule has 0 amide bonds. The summed E-state index contributed by atoms with van der Waals surface area (Å²) in [5.74, 6) is 1.80. The lowest BCUT2D eigenvalue weighted by atomic mass is 9.89. The van der Waals surface area contributed by atoms with Crippen LogP contribution in [0.15, 0.2) is 4.99 Å². The Balaban J connectivity index is 0.00000400. The van der Waals surface area contributed by atoms with E-state index in [0.29, 0.717) is 6.54 Å². The molecule has 0 bridgehead atoms. The molecular formula is C16H34IN3O. The van der Waals surface area contributed by atoms with E-state index in [0.717, 1.165) is 31.5 Å². The van der Waals surface area contributed by atoms with Gasteiger partial charge in [-0.15, -0.1) is 24.0 Å². The van der Waals surface area contributed by atoms with Crippen molar-refractivity contribution in [2.24, 2.45) is 16.3 Å². The summed E-state index contributed by atoms with van der Waals surface area (Å²) in [6, 6.07) is 0. The van der Waals surface area contributed by atoms with Crippen LogP contribution in [0.2, 0.25) is 0 Å². The first-order valence-electron chi connectivity index (χ1n) is 7.94. The standard InChI is InChI=1S/C16H33N3O.HI/c1-7-17-15(19-10-8-9-13(2)12-19)18-11-14(20-6)16(3,4)5;/h13-14H,7-12H2,1-6H3,(H,17,18);1H. The minimum absolute atomic E-state index is 0. The molecule has 0 radical (unpaired) electrons. The van der Waals surface area contributed by atoms with Crippen LogP contribution in [0.1, 0.15) is 47.5 Å². The van der Waals surface area contributed by atoms with Crippen LogP contribution in [0.5, 0.6) is 0 Å². The molecule has 1 heterocycles. The highest BCUT2D eigenvalue weighted by Crippen LogP contribution is 2.22. The second kappa shape index (κ2) is 9.87. The fraction of sp³-hybridized carbons (Fsp3) is 0.938. The molecule has 0 aliphatic carbocycles. The van der Waals surface area contributed by atoms with Crippen LogP contribution in [-0.4, -0.2) is 50.3 Å². The predicted octanol–water partition coefficient (Wildman–Crippen LogP) is 3.36. The summed E-state index contributed by atoms with van der Waals surface area (Å²) < 4.78 is 5.60. The van der Waals surface area contributed by atoms with Gasteiger partial charge in [0.15, 0.2) is 5.96 Å². The maximum Gasteiger partial charge on any atom is 0.194 e. The number of nitrogens with zero attached hydrogens (tertiary/aromatic N) is 2. The molecule has 0 spiro atoms. The number of hydrogen-bond donors (Lipinski definition) is 1. The van der Waals surface area contributed by atoms with Gasteiger partial charge in [-0.25, -0.2) is 0 Å². The van der Waals surface area contributed by atoms with Gasteiger partial charge in [0.2, 0.25) is 0 Å². The number of methoxy groups -OCH3 is 1. The molecule has 0 aromatic heterocycles. The molecule has 0 aromatic carbocycles. The third kappa shape index (κ3) is 7.17. The first-order valence-corrected chi connectivity index (χ1v) is 7.94. The lowest BCUT2D eigenvalue weighted by molar-refractivity contribution is 0.0239. The fourth-order valence-corrected chi connectivity index (χ4v) is 2.68. The summed E-state index contributed by atoms with van der Waals surface area (Å²) >= 11 is 0. The molecule has 0 aromatic rings. The molecule has 1 aliphatic rings. The van der Waals surface area contributed by atoms with E-state index >= 15 is 0 Å². The van der Waals surface area contributed by atoms with Gasteiger partial charge in [0.05, 0.1) is 12.6 Å². The van der Waals surface area contributed by atoms with Gasteiger partial charge in [-0.3, -0.25) is 4.99 Å². The molecule has 1 rings (SSSR count). The van der Waals surface area contributed by atoms with Gasteiger partial charge in [0, 0.05) is 26.7 Å². The molecule has 0 saturated carbocycles. The van der Waals surface area contributed by atoms with Crippen LogP contribution in [0.25, 0.3) is 0 Å². The molecule has 1 fully saturated rings. The number of aliphatic imine (C=N–C) groups is 1. The number of halogens is 1. The predicted molar refractivity (Wildman–Crippen MR) is 102 cm³/mol. The molecule has 4 nitrogen and oxygen atoms in total. The summed E-state index contributed by atoms with van der Waals surface area (Å²) in [6.45, 7) is 14.9. The second-order valence-electron chi connectivity index (χ2n) is 6.98. The van der Waals surface area contributed by atoms with Crippen LogP contribution < -0.4 is 5.32 Å². The van der Waals surface area contributed by atoms with Crippen LogP contribution in [-0.2, 0) is 4.74 Å². The highest BCUT2D eigenvalue weighted by atomic mass is 127. The summed E-state index contributed by atoms with van der Waals surface area (Å²) in [7, 11) is 1.78. The third-order valence-corrected chi connectivity index (χ3v) is 3.95. The highest BCUT2D eigenvalue weighted by molar-refractivity contribution is 14.0. The van der Waals surface area contributed by atoms with Gasteiger partial charge < -0.3 is 15.0 Å². The van der Waals surface area contributed by atoms with Crippen molar-refractivity contribution in [1.29, 1.82) is 0 Å². The first-order chi connectivity index (χ1) is 9.38. The minimum Gasteiger partial charge on any atom is -0.379 e. The van der Waals surface area contributed by atoms with Crippen LogP contribution in [0, 0.1) is 11.3 Å². The van der Waals surface area contributed by atoms with Crippen molar-refractivity contribution in [3.8, 4) is 0 Å². The molecule has 1 aliphatic heterocycles. The SMILES string of the molecule is CCNC(=NCC(OC)C(C)(C)C)N1CCCC(C)C1.I. The zero-order chi connectivity index (χ0) is 15.2. The van der Waals surface area contributed by atoms with E-state index in [9.17, 15) is 0 Å². The van der Waals surface area contributed by atoms with E-state index in [4.69, 9.17) is 9.73 Å². The van der Waals surface area contributed by atoms with Crippen molar-refractivity contribution in [2.45, 2.75) is 53.6 Å². The van der Waals surface area contributed by atoms with E-state index in [-0.39, 0.29) is 35.5 Å². The van der Waals surface area contributed by atoms with Gasteiger partial charge in [0.1, 0.15) is 0 Å². The van der Waals surface area contributed by atoms with Gasteiger partial charge >= 0.3 is 0 Å². The monoisotopic (exact) mass is 411 g/mol. The smallest absolute Gasteiger partial charge is 0.194 e. The lowest BCUT2D eigenvalue weighted by Crippen LogP contribution is -2.46. The summed E-state index contributed by atoms with van der Waals surface area (Å²) in [5, 5.41) is 3.42. The number of likely N-dealkylation sites (tertiary alicyclic amines) is 1. The number of nitrogens with one attached hydrogen (secondary N) is 1. The Morgan fingerprint density at radius 1 is 1.43 bits per heavy atom. The number of rotatable bonds is 4. The number of hydrogen-bond acceptors (Lipinski definition) is 2. The van der Waals surface area contributed by atoms with Gasteiger partial charge in [0.25, 0.3) is 0 Å². The summed E-state index contributed by atoms with van der Waals surface area (Å²) in [4.78, 5) is 7.21. The summed E-state index contributed by atoms with van der Waals surface area (Å²) in [6.07, 6.45) is 2.75. The fourth-order valence-electron chi connectivity index (χ4n) is 2.68. The highest BCUT2D eigenvalue weighted by Gasteiger charge is 2.25. The molecule has 126 valence electrons. The van der Waals surface area contributed by atoms with Crippen molar-refractivity contribution in [3.05, 3.63) is 0 Å². The second-order valence-corrected chi connectivity index (χ2v) is 6.98. The van der Waals surface area contributed by atoms with E-state index in [2.05, 4.69) is 44.8 Å².